The van der Waals surface area contributed by atoms with Gasteiger partial charge in [0.2, 0.25) is 0 Å². The van der Waals surface area contributed by atoms with Crippen LogP contribution in [0.4, 0.5) is 0 Å². The molecule has 1 fully saturated rings. The van der Waals surface area contributed by atoms with E-state index >= 15 is 0 Å². The van der Waals surface area contributed by atoms with Crippen LogP contribution in [0.5, 0.6) is 0 Å². The number of aliphatic imine (C=N–C) groups is 1. The Labute approximate surface area is 88.4 Å². The Balaban J connectivity index is 2.08. The third-order valence-electron chi connectivity index (χ3n) is 2.08. The number of nitrogens with zero attached hydrogens (tertiary/aromatic N) is 2. The highest BCUT2D eigenvalue weighted by molar-refractivity contribution is 8.13. The molecule has 0 radical (unpaired) electrons. The van der Waals surface area contributed by atoms with E-state index in [1.807, 2.05) is 0 Å². The Hall–Kier alpha value is -0.750. The zero-order valence-electron chi connectivity index (χ0n) is 8.20. The van der Waals surface area contributed by atoms with Crippen LogP contribution in [0.2, 0.25) is 0 Å². The van der Waals surface area contributed by atoms with Gasteiger partial charge in [-0.1, -0.05) is 11.8 Å². The van der Waals surface area contributed by atoms with Gasteiger partial charge in [-0.2, -0.15) is 4.99 Å². The number of nitrogens with one attached hydrogen (secondary N) is 1. The van der Waals surface area contributed by atoms with E-state index in [1.165, 1.54) is 37.7 Å². The third-order valence-corrected chi connectivity index (χ3v) is 2.83. The van der Waals surface area contributed by atoms with Crippen molar-refractivity contribution in [3.8, 4) is 0 Å². The van der Waals surface area contributed by atoms with Gasteiger partial charge in [0.15, 0.2) is 11.1 Å². The highest BCUT2D eigenvalue weighted by Crippen LogP contribution is 2.09. The topological polar surface area (TPSA) is 91.5 Å². The molecule has 0 spiro atoms. The summed E-state index contributed by atoms with van der Waals surface area (Å²) in [5.41, 5.74) is 10.3. The number of hydrogen-bond acceptors (Lipinski definition) is 3. The van der Waals surface area contributed by atoms with Crippen molar-refractivity contribution in [2.45, 2.75) is 12.8 Å². The molecule has 0 saturated carbocycles. The maximum Gasteiger partial charge on any atom is 0.193 e. The third kappa shape index (κ3) is 4.48. The first-order valence-electron chi connectivity index (χ1n) is 4.72. The fourth-order valence-electron chi connectivity index (χ4n) is 1.43. The fourth-order valence-corrected chi connectivity index (χ4v) is 2.14. The van der Waals surface area contributed by atoms with E-state index in [0.29, 0.717) is 0 Å². The van der Waals surface area contributed by atoms with Crippen LogP contribution >= 0.6 is 11.8 Å². The molecule has 0 atom stereocenters. The molecule has 0 aromatic heterocycles. The zero-order valence-corrected chi connectivity index (χ0v) is 9.02. The lowest BCUT2D eigenvalue weighted by molar-refractivity contribution is 0.362. The van der Waals surface area contributed by atoms with Crippen LogP contribution in [0, 0.1) is 5.41 Å². The van der Waals surface area contributed by atoms with Gasteiger partial charge in [0.25, 0.3) is 0 Å². The van der Waals surface area contributed by atoms with E-state index in [2.05, 4.69) is 9.89 Å². The molecule has 1 aliphatic heterocycles. The van der Waals surface area contributed by atoms with E-state index in [4.69, 9.17) is 16.9 Å². The lowest BCUT2D eigenvalue weighted by atomic mass is 10.4. The standard InChI is InChI=1S/C8H17N5S/c9-7(10)12-8(11)14-6-5-13-3-1-2-4-13/h1-6H2,(H5,9,10,11,12). The largest absolute Gasteiger partial charge is 0.370 e. The summed E-state index contributed by atoms with van der Waals surface area (Å²) >= 11 is 1.39. The van der Waals surface area contributed by atoms with Gasteiger partial charge in [0.1, 0.15) is 0 Å². The average molecular weight is 215 g/mol. The Kier molecular flexibility index (Phi) is 4.75. The van der Waals surface area contributed by atoms with Crippen LogP contribution < -0.4 is 11.5 Å². The molecule has 5 N–H and O–H groups in total. The van der Waals surface area contributed by atoms with E-state index in [0.717, 1.165) is 12.3 Å². The number of hydrogen-bond donors (Lipinski definition) is 3. The highest BCUT2D eigenvalue weighted by Gasteiger charge is 2.10. The molecule has 0 aliphatic carbocycles. The average Bonchev–Trinajstić information content (AvgIpc) is 2.55. The summed E-state index contributed by atoms with van der Waals surface area (Å²) in [6.07, 6.45) is 2.60. The first-order valence-corrected chi connectivity index (χ1v) is 5.70. The van der Waals surface area contributed by atoms with Crippen molar-refractivity contribution < 1.29 is 0 Å². The molecule has 5 nitrogen and oxygen atoms in total. The molecule has 0 unspecified atom stereocenters. The molecule has 0 bridgehead atoms. The van der Waals surface area contributed by atoms with Crippen LogP contribution in [0.3, 0.4) is 0 Å². The van der Waals surface area contributed by atoms with Gasteiger partial charge < -0.3 is 16.4 Å². The minimum Gasteiger partial charge on any atom is -0.370 e. The summed E-state index contributed by atoms with van der Waals surface area (Å²) in [6.45, 7) is 3.40. The van der Waals surface area contributed by atoms with Gasteiger partial charge in [-0.15, -0.1) is 0 Å². The smallest absolute Gasteiger partial charge is 0.193 e. The number of rotatable bonds is 3. The predicted octanol–water partition coefficient (Wildman–Crippen LogP) is 0.0236. The van der Waals surface area contributed by atoms with E-state index in [9.17, 15) is 0 Å². The van der Waals surface area contributed by atoms with Crippen LogP contribution in [-0.4, -0.2) is 41.4 Å². The maximum absolute atomic E-state index is 7.39. The van der Waals surface area contributed by atoms with Gasteiger partial charge in [0.05, 0.1) is 0 Å². The quantitative estimate of drug-likeness (QED) is 0.457. The zero-order chi connectivity index (χ0) is 10.4. The van der Waals surface area contributed by atoms with Crippen molar-refractivity contribution >= 4 is 22.9 Å². The van der Waals surface area contributed by atoms with E-state index in [1.54, 1.807) is 0 Å². The molecule has 1 aliphatic rings. The van der Waals surface area contributed by atoms with Gasteiger partial charge >= 0.3 is 0 Å². The molecule has 6 heteroatoms. The number of nitrogens with two attached hydrogens (primary N) is 2. The molecule has 14 heavy (non-hydrogen) atoms. The first kappa shape index (κ1) is 11.3. The summed E-state index contributed by atoms with van der Waals surface area (Å²) in [6, 6.07) is 0. The molecule has 1 saturated heterocycles. The maximum atomic E-state index is 7.39. The van der Waals surface area contributed by atoms with Gasteiger partial charge in [0, 0.05) is 12.3 Å². The lowest BCUT2D eigenvalue weighted by Gasteiger charge is -2.12. The minimum absolute atomic E-state index is 0.0383. The first-order chi connectivity index (χ1) is 6.68. The van der Waals surface area contributed by atoms with E-state index in [-0.39, 0.29) is 11.1 Å². The normalized spacial score (nSPS) is 16.9. The van der Waals surface area contributed by atoms with Gasteiger partial charge in [-0.05, 0) is 25.9 Å². The van der Waals surface area contributed by atoms with E-state index < -0.39 is 0 Å². The molecule has 0 aromatic carbocycles. The number of guanidine groups is 1. The van der Waals surface area contributed by atoms with Crippen molar-refractivity contribution in [3.05, 3.63) is 0 Å². The molecule has 80 valence electrons. The SMILES string of the molecule is N=C(N=C(N)N)SCCN1CCCC1. The monoisotopic (exact) mass is 215 g/mol. The van der Waals surface area contributed by atoms with Crippen LogP contribution in [0.25, 0.3) is 0 Å². The molecular formula is C8H17N5S. The lowest BCUT2D eigenvalue weighted by Crippen LogP contribution is -2.24. The van der Waals surface area contributed by atoms with Gasteiger partial charge in [-0.25, -0.2) is 0 Å². The number of amidine groups is 1. The molecular weight excluding hydrogens is 198 g/mol. The minimum atomic E-state index is -0.0383. The Bertz CT molecular complexity index is 218. The Morgan fingerprint density at radius 2 is 2.00 bits per heavy atom. The summed E-state index contributed by atoms with van der Waals surface area (Å²) < 4.78 is 0. The fraction of sp³-hybridized carbons (Fsp3) is 0.750. The van der Waals surface area contributed by atoms with Crippen molar-refractivity contribution in [1.82, 2.24) is 4.90 Å². The summed E-state index contributed by atoms with van der Waals surface area (Å²) in [5.74, 6) is 0.846. The summed E-state index contributed by atoms with van der Waals surface area (Å²) in [4.78, 5) is 6.04. The van der Waals surface area contributed by atoms with Gasteiger partial charge in [-0.3, -0.25) is 5.41 Å². The summed E-state index contributed by atoms with van der Waals surface area (Å²) in [5, 5.41) is 7.59. The Morgan fingerprint density at radius 1 is 1.36 bits per heavy atom. The van der Waals surface area contributed by atoms with Crippen LogP contribution in [0.1, 0.15) is 12.8 Å². The van der Waals surface area contributed by atoms with Crippen LogP contribution in [-0.2, 0) is 0 Å². The molecule has 0 amide bonds. The molecule has 1 heterocycles. The molecule has 0 aromatic rings. The number of likely N-dealkylation sites (tertiary alicyclic amines) is 1. The van der Waals surface area contributed by atoms with Crippen molar-refractivity contribution in [3.63, 3.8) is 0 Å². The summed E-state index contributed by atoms with van der Waals surface area (Å²) in [7, 11) is 0. The Morgan fingerprint density at radius 3 is 2.57 bits per heavy atom. The highest BCUT2D eigenvalue weighted by atomic mass is 32.2. The van der Waals surface area contributed by atoms with Crippen molar-refractivity contribution in [2.75, 3.05) is 25.4 Å². The second kappa shape index (κ2) is 5.87. The van der Waals surface area contributed by atoms with Crippen molar-refractivity contribution in [2.24, 2.45) is 16.5 Å². The van der Waals surface area contributed by atoms with Crippen molar-refractivity contribution in [1.29, 1.82) is 5.41 Å². The predicted molar refractivity (Wildman–Crippen MR) is 61.7 cm³/mol. The number of thioether (sulfide) groups is 1. The second-order valence-electron chi connectivity index (χ2n) is 3.24. The van der Waals surface area contributed by atoms with Crippen LogP contribution in [0.15, 0.2) is 4.99 Å². The molecule has 1 rings (SSSR count). The second-order valence-corrected chi connectivity index (χ2v) is 4.32.